The Morgan fingerprint density at radius 2 is 2.15 bits per heavy atom. The molecule has 0 aliphatic rings. The van der Waals surface area contributed by atoms with E-state index in [1.807, 2.05) is 26.1 Å². The summed E-state index contributed by atoms with van der Waals surface area (Å²) in [6, 6.07) is 3.95. The zero-order valence-corrected chi connectivity index (χ0v) is 8.90. The van der Waals surface area contributed by atoms with Crippen LogP contribution in [0.5, 0.6) is 5.75 Å². The number of methoxy groups -OCH3 is 1. The monoisotopic (exact) mass is 199 g/mol. The smallest absolute Gasteiger partial charge is 0.123 e. The minimum Gasteiger partial charge on any atom is -0.496 e. The number of nitrogens with one attached hydrogen (secondary N) is 1. The molecule has 1 aromatic rings. The van der Waals surface area contributed by atoms with Gasteiger partial charge in [0.05, 0.1) is 7.11 Å². The van der Waals surface area contributed by atoms with E-state index in [0.717, 1.165) is 28.4 Å². The van der Waals surface area contributed by atoms with Gasteiger partial charge in [0.15, 0.2) is 0 Å². The molecule has 0 spiro atoms. The number of halogens is 1. The van der Waals surface area contributed by atoms with E-state index in [1.54, 1.807) is 7.11 Å². The maximum Gasteiger partial charge on any atom is 0.123 e. The van der Waals surface area contributed by atoms with Gasteiger partial charge >= 0.3 is 0 Å². The highest BCUT2D eigenvalue weighted by atomic mass is 35.5. The van der Waals surface area contributed by atoms with Crippen LogP contribution in [0, 0.1) is 6.92 Å². The normalized spacial score (nSPS) is 10.2. The summed E-state index contributed by atoms with van der Waals surface area (Å²) >= 11 is 6.03. The van der Waals surface area contributed by atoms with Crippen molar-refractivity contribution in [3.63, 3.8) is 0 Å². The van der Waals surface area contributed by atoms with E-state index in [4.69, 9.17) is 16.3 Å². The lowest BCUT2D eigenvalue weighted by Gasteiger charge is -2.09. The Morgan fingerprint density at radius 3 is 2.69 bits per heavy atom. The minimum atomic E-state index is 0.754. The van der Waals surface area contributed by atoms with Gasteiger partial charge in [-0.2, -0.15) is 0 Å². The predicted molar refractivity (Wildman–Crippen MR) is 55.5 cm³/mol. The zero-order chi connectivity index (χ0) is 9.84. The number of benzene rings is 1. The van der Waals surface area contributed by atoms with Crippen molar-refractivity contribution >= 4 is 11.6 Å². The lowest BCUT2D eigenvalue weighted by Crippen LogP contribution is -2.05. The van der Waals surface area contributed by atoms with Crippen molar-refractivity contribution in [2.75, 3.05) is 14.2 Å². The molecule has 0 amide bonds. The van der Waals surface area contributed by atoms with E-state index < -0.39 is 0 Å². The summed E-state index contributed by atoms with van der Waals surface area (Å²) in [6.45, 7) is 2.75. The highest BCUT2D eigenvalue weighted by Gasteiger charge is 2.04. The van der Waals surface area contributed by atoms with Crippen LogP contribution < -0.4 is 10.1 Å². The van der Waals surface area contributed by atoms with Gasteiger partial charge in [0.2, 0.25) is 0 Å². The van der Waals surface area contributed by atoms with Crippen LogP contribution in [0.3, 0.4) is 0 Å². The summed E-state index contributed by atoms with van der Waals surface area (Å²) in [7, 11) is 3.56. The number of hydrogen-bond donors (Lipinski definition) is 1. The highest BCUT2D eigenvalue weighted by Crippen LogP contribution is 2.27. The summed E-state index contributed by atoms with van der Waals surface area (Å²) in [6.07, 6.45) is 0. The average Bonchev–Trinajstić information content (AvgIpc) is 2.11. The van der Waals surface area contributed by atoms with E-state index in [0.29, 0.717) is 0 Å². The summed E-state index contributed by atoms with van der Waals surface area (Å²) < 4.78 is 5.20. The lowest BCUT2D eigenvalue weighted by molar-refractivity contribution is 0.411. The molecule has 0 unspecified atom stereocenters. The Bertz CT molecular complexity index is 299. The van der Waals surface area contributed by atoms with Gasteiger partial charge in [-0.3, -0.25) is 0 Å². The van der Waals surface area contributed by atoms with Crippen molar-refractivity contribution in [1.82, 2.24) is 5.32 Å². The van der Waals surface area contributed by atoms with Gasteiger partial charge in [-0.1, -0.05) is 11.6 Å². The molecule has 0 atom stereocenters. The SMILES string of the molecule is CNCc1cc(Cl)c(C)c(OC)c1. The molecule has 0 saturated carbocycles. The second kappa shape index (κ2) is 4.49. The van der Waals surface area contributed by atoms with Crippen LogP contribution in [-0.4, -0.2) is 14.2 Å². The van der Waals surface area contributed by atoms with Crippen LogP contribution in [0.2, 0.25) is 5.02 Å². The van der Waals surface area contributed by atoms with Crippen molar-refractivity contribution in [1.29, 1.82) is 0 Å². The van der Waals surface area contributed by atoms with Crippen molar-refractivity contribution in [3.8, 4) is 5.75 Å². The molecular weight excluding hydrogens is 186 g/mol. The summed E-state index contributed by atoms with van der Waals surface area (Å²) in [4.78, 5) is 0. The first-order chi connectivity index (χ1) is 6.19. The summed E-state index contributed by atoms with van der Waals surface area (Å²) in [5, 5.41) is 3.82. The highest BCUT2D eigenvalue weighted by molar-refractivity contribution is 6.31. The van der Waals surface area contributed by atoms with Crippen LogP contribution >= 0.6 is 11.6 Å². The molecule has 0 aliphatic carbocycles. The summed E-state index contributed by atoms with van der Waals surface area (Å²) in [5.74, 6) is 0.845. The molecule has 2 nitrogen and oxygen atoms in total. The topological polar surface area (TPSA) is 21.3 Å². The van der Waals surface area contributed by atoms with Crippen molar-refractivity contribution in [3.05, 3.63) is 28.3 Å². The average molecular weight is 200 g/mol. The Labute approximate surface area is 83.9 Å². The molecule has 72 valence electrons. The Balaban J connectivity index is 3.06. The molecule has 3 heteroatoms. The first-order valence-corrected chi connectivity index (χ1v) is 4.54. The molecule has 0 saturated heterocycles. The molecule has 0 aliphatic heterocycles. The third-order valence-corrected chi connectivity index (χ3v) is 2.35. The Hall–Kier alpha value is -0.730. The first kappa shape index (κ1) is 10.4. The number of ether oxygens (including phenoxy) is 1. The molecule has 0 fully saturated rings. The third kappa shape index (κ3) is 2.36. The zero-order valence-electron chi connectivity index (χ0n) is 8.15. The Morgan fingerprint density at radius 1 is 1.46 bits per heavy atom. The Kier molecular flexibility index (Phi) is 3.58. The fourth-order valence-electron chi connectivity index (χ4n) is 1.23. The standard InChI is InChI=1S/C10H14ClNO/c1-7-9(11)4-8(6-12-2)5-10(7)13-3/h4-5,12H,6H2,1-3H3. The lowest BCUT2D eigenvalue weighted by atomic mass is 10.1. The molecule has 0 heterocycles. The van der Waals surface area contributed by atoms with Gasteiger partial charge in [0.25, 0.3) is 0 Å². The van der Waals surface area contributed by atoms with Crippen molar-refractivity contribution in [2.45, 2.75) is 13.5 Å². The van der Waals surface area contributed by atoms with Crippen molar-refractivity contribution < 1.29 is 4.74 Å². The second-order valence-electron chi connectivity index (χ2n) is 2.94. The first-order valence-electron chi connectivity index (χ1n) is 4.16. The van der Waals surface area contributed by atoms with Crippen molar-refractivity contribution in [2.24, 2.45) is 0 Å². The molecular formula is C10H14ClNO. The van der Waals surface area contributed by atoms with E-state index in [1.165, 1.54) is 0 Å². The molecule has 0 aromatic heterocycles. The van der Waals surface area contributed by atoms with Crippen LogP contribution in [0.15, 0.2) is 12.1 Å². The molecule has 1 rings (SSSR count). The van der Waals surface area contributed by atoms with E-state index in [2.05, 4.69) is 5.32 Å². The van der Waals surface area contributed by atoms with Gasteiger partial charge in [0, 0.05) is 17.1 Å². The quantitative estimate of drug-likeness (QED) is 0.807. The van der Waals surface area contributed by atoms with E-state index in [9.17, 15) is 0 Å². The molecule has 13 heavy (non-hydrogen) atoms. The van der Waals surface area contributed by atoms with Crippen LogP contribution in [0.4, 0.5) is 0 Å². The fraction of sp³-hybridized carbons (Fsp3) is 0.400. The third-order valence-electron chi connectivity index (χ3n) is 1.96. The number of rotatable bonds is 3. The van der Waals surface area contributed by atoms with Gasteiger partial charge < -0.3 is 10.1 Å². The number of hydrogen-bond acceptors (Lipinski definition) is 2. The van der Waals surface area contributed by atoms with Gasteiger partial charge in [-0.15, -0.1) is 0 Å². The van der Waals surface area contributed by atoms with Gasteiger partial charge in [0.1, 0.15) is 5.75 Å². The maximum atomic E-state index is 6.03. The van der Waals surface area contributed by atoms with Gasteiger partial charge in [-0.25, -0.2) is 0 Å². The molecule has 1 aromatic carbocycles. The van der Waals surface area contributed by atoms with Crippen LogP contribution in [0.25, 0.3) is 0 Å². The maximum absolute atomic E-state index is 6.03. The molecule has 0 bridgehead atoms. The largest absolute Gasteiger partial charge is 0.496 e. The van der Waals surface area contributed by atoms with Gasteiger partial charge in [-0.05, 0) is 31.7 Å². The van der Waals surface area contributed by atoms with Crippen LogP contribution in [-0.2, 0) is 6.54 Å². The second-order valence-corrected chi connectivity index (χ2v) is 3.34. The summed E-state index contributed by atoms with van der Waals surface area (Å²) in [5.41, 5.74) is 2.12. The molecule has 1 N–H and O–H groups in total. The predicted octanol–water partition coefficient (Wildman–Crippen LogP) is 2.38. The molecule has 0 radical (unpaired) electrons. The minimum absolute atomic E-state index is 0.754. The fourth-order valence-corrected chi connectivity index (χ4v) is 1.46. The van der Waals surface area contributed by atoms with Crippen LogP contribution in [0.1, 0.15) is 11.1 Å². The van der Waals surface area contributed by atoms with E-state index in [-0.39, 0.29) is 0 Å². The van der Waals surface area contributed by atoms with E-state index >= 15 is 0 Å².